The average molecular weight is 409 g/mol. The van der Waals surface area contributed by atoms with Crippen molar-refractivity contribution in [1.29, 1.82) is 0 Å². The van der Waals surface area contributed by atoms with Gasteiger partial charge in [0.25, 0.3) is 11.6 Å². The fourth-order valence-electron chi connectivity index (χ4n) is 2.04. The van der Waals surface area contributed by atoms with Crippen LogP contribution in [0.15, 0.2) is 53.4 Å². The lowest BCUT2D eigenvalue weighted by Gasteiger charge is -2.14. The third-order valence-electron chi connectivity index (χ3n) is 3.41. The highest BCUT2D eigenvalue weighted by molar-refractivity contribution is 7.99. The molecule has 0 saturated heterocycles. The van der Waals surface area contributed by atoms with Gasteiger partial charge in [-0.25, -0.2) is 0 Å². The summed E-state index contributed by atoms with van der Waals surface area (Å²) >= 11 is 7.44. The number of benzene rings is 2. The number of carbonyl (C=O) groups excluding carboxylic acids is 2. The average Bonchev–Trinajstić information content (AvgIpc) is 2.64. The minimum absolute atomic E-state index is 0.0819. The molecule has 2 aromatic rings. The molecule has 0 spiro atoms. The molecule has 0 saturated carbocycles. The summed E-state index contributed by atoms with van der Waals surface area (Å²) in [4.78, 5) is 35.3. The van der Waals surface area contributed by atoms with Gasteiger partial charge in [0.15, 0.2) is 6.10 Å². The molecule has 2 aromatic carbocycles. The maximum Gasteiger partial charge on any atom is 0.307 e. The monoisotopic (exact) mass is 408 g/mol. The number of non-ortho nitro benzene ring substituents is 1. The predicted octanol–water partition coefficient (Wildman–Crippen LogP) is 4.30. The second-order valence-electron chi connectivity index (χ2n) is 5.45. The molecule has 0 aliphatic rings. The highest BCUT2D eigenvalue weighted by atomic mass is 35.5. The summed E-state index contributed by atoms with van der Waals surface area (Å²) in [6.07, 6.45) is -0.913. The van der Waals surface area contributed by atoms with Gasteiger partial charge >= 0.3 is 5.97 Å². The van der Waals surface area contributed by atoms with E-state index in [9.17, 15) is 19.7 Å². The molecule has 0 aliphatic carbocycles. The summed E-state index contributed by atoms with van der Waals surface area (Å²) in [6.45, 7) is 1.42. The Hall–Kier alpha value is -2.58. The standard InChI is InChI=1S/C18H17ClN2O5S/c1-12(26-17(22)9-10-27-14-5-3-2-4-6-14)18(23)20-16-11-13(21(24)25)7-8-15(16)19/h2-8,11-12H,9-10H2,1H3,(H,20,23). The number of halogens is 1. The van der Waals surface area contributed by atoms with Crippen LogP contribution in [-0.4, -0.2) is 28.7 Å². The van der Waals surface area contributed by atoms with Crippen molar-refractivity contribution < 1.29 is 19.2 Å². The van der Waals surface area contributed by atoms with Gasteiger partial charge in [-0.1, -0.05) is 29.8 Å². The molecule has 1 atom stereocenters. The summed E-state index contributed by atoms with van der Waals surface area (Å²) in [5, 5.41) is 13.4. The molecule has 7 nitrogen and oxygen atoms in total. The zero-order valence-electron chi connectivity index (χ0n) is 14.4. The van der Waals surface area contributed by atoms with Crippen LogP contribution in [0, 0.1) is 10.1 Å². The Labute approximate surface area is 165 Å². The normalized spacial score (nSPS) is 11.5. The van der Waals surface area contributed by atoms with Crippen LogP contribution in [0.25, 0.3) is 0 Å². The van der Waals surface area contributed by atoms with E-state index in [2.05, 4.69) is 5.32 Å². The van der Waals surface area contributed by atoms with Crippen molar-refractivity contribution in [1.82, 2.24) is 0 Å². The molecule has 9 heteroatoms. The van der Waals surface area contributed by atoms with E-state index in [1.165, 1.54) is 30.8 Å². The van der Waals surface area contributed by atoms with Gasteiger partial charge in [0.2, 0.25) is 0 Å². The van der Waals surface area contributed by atoms with E-state index in [0.29, 0.717) is 5.75 Å². The van der Waals surface area contributed by atoms with Crippen LogP contribution in [0.3, 0.4) is 0 Å². The summed E-state index contributed by atoms with van der Waals surface area (Å²) in [6, 6.07) is 13.3. The van der Waals surface area contributed by atoms with Gasteiger partial charge in [0.05, 0.1) is 22.1 Å². The van der Waals surface area contributed by atoms with Crippen LogP contribution in [0.1, 0.15) is 13.3 Å². The van der Waals surface area contributed by atoms with Crippen molar-refractivity contribution in [3.63, 3.8) is 0 Å². The van der Waals surface area contributed by atoms with Gasteiger partial charge in [0.1, 0.15) is 0 Å². The van der Waals surface area contributed by atoms with Crippen molar-refractivity contribution in [3.05, 3.63) is 63.7 Å². The molecule has 142 valence electrons. The summed E-state index contributed by atoms with van der Waals surface area (Å²) < 4.78 is 5.10. The van der Waals surface area contributed by atoms with Crippen LogP contribution in [0.5, 0.6) is 0 Å². The number of thioether (sulfide) groups is 1. The molecule has 1 N–H and O–H groups in total. The molecule has 1 unspecified atom stereocenters. The van der Waals surface area contributed by atoms with Crippen LogP contribution in [-0.2, 0) is 14.3 Å². The Bertz CT molecular complexity index is 832. The molecular formula is C18H17ClN2O5S. The number of amides is 1. The number of nitro benzene ring substituents is 1. The Kier molecular flexibility index (Phi) is 7.63. The fourth-order valence-corrected chi connectivity index (χ4v) is 3.05. The molecule has 0 fully saturated rings. The number of carbonyl (C=O) groups is 2. The lowest BCUT2D eigenvalue weighted by atomic mass is 10.2. The first-order valence-electron chi connectivity index (χ1n) is 7.99. The molecule has 2 rings (SSSR count). The third-order valence-corrected chi connectivity index (χ3v) is 4.76. The number of nitro groups is 1. The predicted molar refractivity (Wildman–Crippen MR) is 104 cm³/mol. The molecule has 0 aliphatic heterocycles. The van der Waals surface area contributed by atoms with Crippen molar-refractivity contribution in [2.45, 2.75) is 24.3 Å². The number of esters is 1. The minimum Gasteiger partial charge on any atom is -0.453 e. The van der Waals surface area contributed by atoms with Gasteiger partial charge in [0, 0.05) is 22.8 Å². The molecule has 0 bridgehead atoms. The number of anilines is 1. The number of nitrogens with one attached hydrogen (secondary N) is 1. The number of hydrogen-bond acceptors (Lipinski definition) is 6. The second kappa shape index (κ2) is 9.94. The Morgan fingerprint density at radius 1 is 1.26 bits per heavy atom. The minimum atomic E-state index is -1.06. The topological polar surface area (TPSA) is 98.5 Å². The number of hydrogen-bond donors (Lipinski definition) is 1. The van der Waals surface area contributed by atoms with Gasteiger partial charge in [-0.2, -0.15) is 0 Å². The molecular weight excluding hydrogens is 392 g/mol. The van der Waals surface area contributed by atoms with E-state index in [-0.39, 0.29) is 22.8 Å². The van der Waals surface area contributed by atoms with E-state index in [4.69, 9.17) is 16.3 Å². The third kappa shape index (κ3) is 6.58. The van der Waals surface area contributed by atoms with Gasteiger partial charge in [-0.15, -0.1) is 11.8 Å². The Balaban J connectivity index is 1.83. The molecule has 27 heavy (non-hydrogen) atoms. The first-order chi connectivity index (χ1) is 12.9. The largest absolute Gasteiger partial charge is 0.453 e. The molecule has 0 radical (unpaired) electrons. The van der Waals surface area contributed by atoms with E-state index in [1.807, 2.05) is 30.3 Å². The molecule has 0 aromatic heterocycles. The second-order valence-corrected chi connectivity index (χ2v) is 7.03. The summed E-state index contributed by atoms with van der Waals surface area (Å²) in [7, 11) is 0. The molecule has 0 heterocycles. The van der Waals surface area contributed by atoms with Crippen molar-refractivity contribution in [2.75, 3.05) is 11.1 Å². The zero-order valence-corrected chi connectivity index (χ0v) is 16.0. The van der Waals surface area contributed by atoms with E-state index < -0.39 is 22.9 Å². The highest BCUT2D eigenvalue weighted by Crippen LogP contribution is 2.27. The van der Waals surface area contributed by atoms with Crippen molar-refractivity contribution in [3.8, 4) is 0 Å². The Morgan fingerprint density at radius 2 is 1.96 bits per heavy atom. The maximum atomic E-state index is 12.2. The number of rotatable bonds is 8. The number of ether oxygens (including phenoxy) is 1. The van der Waals surface area contributed by atoms with Crippen LogP contribution in [0.2, 0.25) is 5.02 Å². The lowest BCUT2D eigenvalue weighted by Crippen LogP contribution is -2.30. The van der Waals surface area contributed by atoms with Crippen LogP contribution in [0.4, 0.5) is 11.4 Å². The highest BCUT2D eigenvalue weighted by Gasteiger charge is 2.20. The Morgan fingerprint density at radius 3 is 2.63 bits per heavy atom. The molecule has 1 amide bonds. The van der Waals surface area contributed by atoms with Crippen molar-refractivity contribution in [2.24, 2.45) is 0 Å². The zero-order chi connectivity index (χ0) is 19.8. The van der Waals surface area contributed by atoms with Crippen LogP contribution >= 0.6 is 23.4 Å². The first-order valence-corrected chi connectivity index (χ1v) is 9.35. The lowest BCUT2D eigenvalue weighted by molar-refractivity contribution is -0.384. The van der Waals surface area contributed by atoms with Gasteiger partial charge < -0.3 is 10.1 Å². The van der Waals surface area contributed by atoms with E-state index >= 15 is 0 Å². The van der Waals surface area contributed by atoms with Gasteiger partial charge in [-0.3, -0.25) is 19.7 Å². The first kappa shape index (κ1) is 20.7. The summed E-state index contributed by atoms with van der Waals surface area (Å²) in [5.74, 6) is -0.610. The SMILES string of the molecule is CC(OC(=O)CCSc1ccccc1)C(=O)Nc1cc([N+](=O)[O-])ccc1Cl. The number of nitrogens with zero attached hydrogens (tertiary/aromatic N) is 1. The fraction of sp³-hybridized carbons (Fsp3) is 0.222. The van der Waals surface area contributed by atoms with Gasteiger partial charge in [-0.05, 0) is 25.1 Å². The van der Waals surface area contributed by atoms with E-state index in [0.717, 1.165) is 11.0 Å². The van der Waals surface area contributed by atoms with E-state index in [1.54, 1.807) is 0 Å². The quantitative estimate of drug-likeness (QED) is 0.302. The van der Waals surface area contributed by atoms with Crippen LogP contribution < -0.4 is 5.32 Å². The smallest absolute Gasteiger partial charge is 0.307 e. The van der Waals surface area contributed by atoms with Crippen molar-refractivity contribution >= 4 is 46.6 Å². The maximum absolute atomic E-state index is 12.2. The summed E-state index contributed by atoms with van der Waals surface area (Å²) in [5.41, 5.74) is -0.129.